The van der Waals surface area contributed by atoms with Crippen LogP contribution in [0.2, 0.25) is 0 Å². The number of rotatable bonds is 7. The zero-order valence-corrected chi connectivity index (χ0v) is 19.1. The molecular formula is C25H26N4O5. The highest BCUT2D eigenvalue weighted by Gasteiger charge is 2.29. The van der Waals surface area contributed by atoms with Crippen molar-refractivity contribution >= 4 is 23.7 Å². The van der Waals surface area contributed by atoms with Gasteiger partial charge in [0.25, 0.3) is 5.91 Å². The number of aliphatic carboxylic acids is 1. The normalized spacial score (nSPS) is 14.0. The minimum absolute atomic E-state index is 0.0274. The van der Waals surface area contributed by atoms with Crippen molar-refractivity contribution in [2.75, 3.05) is 11.9 Å². The van der Waals surface area contributed by atoms with E-state index in [1.165, 1.54) is 17.8 Å². The van der Waals surface area contributed by atoms with Crippen molar-refractivity contribution in [2.24, 2.45) is 13.0 Å². The van der Waals surface area contributed by atoms with E-state index in [0.717, 1.165) is 22.3 Å². The molecule has 2 unspecified atom stereocenters. The number of aryl methyl sites for hydroxylation is 1. The number of carbonyl (C=O) groups is 3. The monoisotopic (exact) mass is 462 g/mol. The first-order chi connectivity index (χ1) is 16.3. The number of ether oxygens (including phenoxy) is 1. The largest absolute Gasteiger partial charge is 0.481 e. The fraction of sp³-hybridized carbons (Fsp3) is 0.280. The highest BCUT2D eigenvalue weighted by Crippen LogP contribution is 2.44. The number of aromatic nitrogens is 2. The van der Waals surface area contributed by atoms with E-state index in [4.69, 9.17) is 9.84 Å². The Morgan fingerprint density at radius 3 is 2.24 bits per heavy atom. The van der Waals surface area contributed by atoms with E-state index in [1.54, 1.807) is 14.0 Å². The average molecular weight is 463 g/mol. The maximum Gasteiger partial charge on any atom is 0.411 e. The molecule has 0 radical (unpaired) electrons. The number of hydrogen-bond acceptors (Lipinski definition) is 5. The molecule has 4 rings (SSSR count). The second-order valence-electron chi connectivity index (χ2n) is 8.40. The lowest BCUT2D eigenvalue weighted by Crippen LogP contribution is -2.40. The molecule has 2 atom stereocenters. The van der Waals surface area contributed by atoms with Crippen molar-refractivity contribution in [3.63, 3.8) is 0 Å². The summed E-state index contributed by atoms with van der Waals surface area (Å²) in [5, 5.41) is 18.4. The van der Waals surface area contributed by atoms with Crippen LogP contribution in [0.15, 0.2) is 54.7 Å². The van der Waals surface area contributed by atoms with Gasteiger partial charge in [0.2, 0.25) is 0 Å². The van der Waals surface area contributed by atoms with Crippen molar-refractivity contribution in [2.45, 2.75) is 25.8 Å². The molecule has 1 aromatic heterocycles. The van der Waals surface area contributed by atoms with Crippen LogP contribution in [0.3, 0.4) is 0 Å². The Kier molecular flexibility index (Phi) is 6.36. The molecule has 1 heterocycles. The minimum atomic E-state index is -1.02. The summed E-state index contributed by atoms with van der Waals surface area (Å²) in [6, 6.07) is 15.4. The van der Waals surface area contributed by atoms with Crippen LogP contribution in [0, 0.1) is 5.92 Å². The zero-order valence-electron chi connectivity index (χ0n) is 19.1. The Balaban J connectivity index is 1.44. The van der Waals surface area contributed by atoms with Gasteiger partial charge in [0, 0.05) is 25.2 Å². The molecule has 34 heavy (non-hydrogen) atoms. The van der Waals surface area contributed by atoms with Crippen molar-refractivity contribution in [1.82, 2.24) is 15.1 Å². The quantitative estimate of drug-likeness (QED) is 0.493. The second-order valence-corrected chi connectivity index (χ2v) is 8.40. The van der Waals surface area contributed by atoms with Crippen LogP contribution < -0.4 is 10.6 Å². The summed E-state index contributed by atoms with van der Waals surface area (Å²) in [5.41, 5.74) is 4.60. The number of anilines is 1. The summed E-state index contributed by atoms with van der Waals surface area (Å²) in [6.45, 7) is 3.23. The number of carboxylic acid groups (broad SMARTS) is 1. The van der Waals surface area contributed by atoms with Crippen molar-refractivity contribution < 1.29 is 24.2 Å². The lowest BCUT2D eigenvalue weighted by atomic mass is 9.98. The molecule has 3 aromatic rings. The van der Waals surface area contributed by atoms with E-state index >= 15 is 0 Å². The Hall–Kier alpha value is -4.14. The molecule has 3 N–H and O–H groups in total. The first-order valence-electron chi connectivity index (χ1n) is 11.0. The molecule has 1 aliphatic carbocycles. The molecule has 0 saturated carbocycles. The van der Waals surface area contributed by atoms with Crippen LogP contribution >= 0.6 is 0 Å². The van der Waals surface area contributed by atoms with Gasteiger partial charge in [0.05, 0.1) is 11.6 Å². The topological polar surface area (TPSA) is 123 Å². The van der Waals surface area contributed by atoms with Gasteiger partial charge in [0.15, 0.2) is 5.69 Å². The Bertz CT molecular complexity index is 1210. The van der Waals surface area contributed by atoms with Crippen LogP contribution in [0.5, 0.6) is 0 Å². The summed E-state index contributed by atoms with van der Waals surface area (Å²) in [4.78, 5) is 36.5. The molecule has 176 valence electrons. The fourth-order valence-corrected chi connectivity index (χ4v) is 4.11. The zero-order chi connectivity index (χ0) is 24.4. The molecule has 9 heteroatoms. The minimum Gasteiger partial charge on any atom is -0.481 e. The van der Waals surface area contributed by atoms with Crippen LogP contribution in [0.4, 0.5) is 10.5 Å². The third-order valence-corrected chi connectivity index (χ3v) is 6.12. The van der Waals surface area contributed by atoms with Crippen molar-refractivity contribution in [1.29, 1.82) is 0 Å². The number of nitrogens with one attached hydrogen (secondary N) is 2. The van der Waals surface area contributed by atoms with Crippen LogP contribution in [-0.2, 0) is 16.6 Å². The summed E-state index contributed by atoms with van der Waals surface area (Å²) in [6.07, 6.45) is 0.776. The van der Waals surface area contributed by atoms with Crippen molar-refractivity contribution in [3.05, 3.63) is 71.5 Å². The van der Waals surface area contributed by atoms with Gasteiger partial charge in [-0.15, -0.1) is 0 Å². The van der Waals surface area contributed by atoms with Gasteiger partial charge in [-0.2, -0.15) is 5.10 Å². The number of carbonyl (C=O) groups excluding carboxylic acids is 2. The number of hydrogen-bond donors (Lipinski definition) is 3. The van der Waals surface area contributed by atoms with Crippen LogP contribution in [-0.4, -0.2) is 45.5 Å². The van der Waals surface area contributed by atoms with Crippen LogP contribution in [0.25, 0.3) is 11.1 Å². The van der Waals surface area contributed by atoms with Gasteiger partial charge in [-0.25, -0.2) is 4.79 Å². The van der Waals surface area contributed by atoms with Gasteiger partial charge in [-0.3, -0.25) is 19.6 Å². The Morgan fingerprint density at radius 1 is 1.06 bits per heavy atom. The Labute approximate surface area is 196 Å². The van der Waals surface area contributed by atoms with Gasteiger partial charge < -0.3 is 15.2 Å². The molecule has 0 saturated heterocycles. The predicted octanol–water partition coefficient (Wildman–Crippen LogP) is 3.62. The summed E-state index contributed by atoms with van der Waals surface area (Å²) < 4.78 is 6.93. The number of amides is 2. The summed E-state index contributed by atoms with van der Waals surface area (Å²) >= 11 is 0. The number of carboxylic acids is 1. The Morgan fingerprint density at radius 2 is 1.65 bits per heavy atom. The smallest absolute Gasteiger partial charge is 0.411 e. The van der Waals surface area contributed by atoms with E-state index in [2.05, 4.69) is 27.9 Å². The summed E-state index contributed by atoms with van der Waals surface area (Å²) in [5.74, 6) is -2.49. The van der Waals surface area contributed by atoms with E-state index in [-0.39, 0.29) is 23.9 Å². The third kappa shape index (κ3) is 4.50. The molecular weight excluding hydrogens is 436 g/mol. The van der Waals surface area contributed by atoms with E-state index in [1.807, 2.05) is 36.4 Å². The molecule has 0 fully saturated rings. The fourth-order valence-electron chi connectivity index (χ4n) is 4.11. The highest BCUT2D eigenvalue weighted by atomic mass is 16.5. The van der Waals surface area contributed by atoms with Gasteiger partial charge in [0.1, 0.15) is 6.61 Å². The molecule has 0 spiro atoms. The number of nitrogens with zero attached hydrogens (tertiary/aromatic N) is 2. The lowest BCUT2D eigenvalue weighted by Gasteiger charge is -2.17. The first kappa shape index (κ1) is 23.0. The summed E-state index contributed by atoms with van der Waals surface area (Å²) in [7, 11) is 1.61. The van der Waals surface area contributed by atoms with Crippen molar-refractivity contribution in [3.8, 4) is 11.1 Å². The lowest BCUT2D eigenvalue weighted by molar-refractivity contribution is -0.141. The number of benzene rings is 2. The molecule has 0 aliphatic heterocycles. The molecule has 2 amide bonds. The van der Waals surface area contributed by atoms with Gasteiger partial charge in [-0.1, -0.05) is 48.5 Å². The molecule has 1 aliphatic rings. The second kappa shape index (κ2) is 9.38. The maximum atomic E-state index is 12.7. The maximum absolute atomic E-state index is 12.7. The first-order valence-corrected chi connectivity index (χ1v) is 11.0. The highest BCUT2D eigenvalue weighted by molar-refractivity contribution is 6.01. The average Bonchev–Trinajstić information content (AvgIpc) is 3.34. The third-order valence-electron chi connectivity index (χ3n) is 6.12. The van der Waals surface area contributed by atoms with E-state index < -0.39 is 29.9 Å². The number of fused-ring (bicyclic) bond motifs is 3. The van der Waals surface area contributed by atoms with E-state index in [0.29, 0.717) is 0 Å². The van der Waals surface area contributed by atoms with Crippen LogP contribution in [0.1, 0.15) is 41.4 Å². The molecule has 2 aromatic carbocycles. The van der Waals surface area contributed by atoms with E-state index in [9.17, 15) is 14.4 Å². The van der Waals surface area contributed by atoms with Gasteiger partial charge in [-0.05, 0) is 36.1 Å². The molecule has 9 nitrogen and oxygen atoms in total. The molecule has 0 bridgehead atoms. The standard InChI is InChI=1S/C25H26N4O5/c1-14(24(31)32)15(2)26-23(30)22-21(12-29(3)28-22)27-25(33)34-13-20-18-10-6-4-8-16(18)17-9-5-7-11-19(17)20/h4-12,14-15,20H,13H2,1-3H3,(H,26,30)(H,27,33)(H,31,32). The van der Waals surface area contributed by atoms with Gasteiger partial charge >= 0.3 is 12.1 Å². The predicted molar refractivity (Wildman–Crippen MR) is 126 cm³/mol. The SMILES string of the molecule is CC(NC(=O)c1nn(C)cc1NC(=O)OCC1c2ccccc2-c2ccccc21)C(C)C(=O)O.